The van der Waals surface area contributed by atoms with Crippen molar-refractivity contribution in [3.63, 3.8) is 0 Å². The minimum absolute atomic E-state index is 0.0215. The summed E-state index contributed by atoms with van der Waals surface area (Å²) in [5, 5.41) is 20.0. The first-order chi connectivity index (χ1) is 21.8. The van der Waals surface area contributed by atoms with Gasteiger partial charge in [0, 0.05) is 26.2 Å². The largest absolute Gasteiger partial charge is 0.504 e. The molecule has 4 heterocycles. The van der Waals surface area contributed by atoms with Gasteiger partial charge in [0.05, 0.1) is 38.4 Å². The summed E-state index contributed by atoms with van der Waals surface area (Å²) in [5.74, 6) is 2.76. The molecule has 6 rings (SSSR count). The molecule has 4 aliphatic rings. The van der Waals surface area contributed by atoms with E-state index in [1.165, 1.54) is 0 Å². The molecule has 252 valence electrons. The van der Waals surface area contributed by atoms with Gasteiger partial charge in [-0.1, -0.05) is 27.7 Å². The summed E-state index contributed by atoms with van der Waals surface area (Å²) in [7, 11) is 7.18. The minimum Gasteiger partial charge on any atom is -0.504 e. The number of nitrogens with zero attached hydrogens (tertiary/aromatic N) is 4. The zero-order chi connectivity index (χ0) is 33.4. The Morgan fingerprint density at radius 2 is 1.07 bits per heavy atom. The summed E-state index contributed by atoms with van der Waals surface area (Å²) >= 11 is 0. The molecule has 0 aromatic heterocycles. The van der Waals surface area contributed by atoms with Crippen LogP contribution in [0.5, 0.6) is 23.0 Å². The molecule has 0 radical (unpaired) electrons. The van der Waals surface area contributed by atoms with Crippen molar-refractivity contribution in [3.05, 3.63) is 46.5 Å². The normalized spacial score (nSPS) is 24.6. The molecule has 2 aromatic rings. The van der Waals surface area contributed by atoms with Gasteiger partial charge in [0.1, 0.15) is 0 Å². The van der Waals surface area contributed by atoms with E-state index in [-0.39, 0.29) is 47.5 Å². The third-order valence-electron chi connectivity index (χ3n) is 10.1. The molecule has 0 bridgehead atoms. The number of phenols is 2. The Bertz CT molecular complexity index is 1340. The van der Waals surface area contributed by atoms with Crippen LogP contribution >= 0.6 is 0 Å². The maximum atomic E-state index is 12.9. The number of ether oxygens (including phenoxy) is 2. The van der Waals surface area contributed by atoms with Crippen molar-refractivity contribution in [1.29, 1.82) is 0 Å². The van der Waals surface area contributed by atoms with E-state index in [0.29, 0.717) is 23.3 Å². The second-order valence-electron chi connectivity index (χ2n) is 14.2. The van der Waals surface area contributed by atoms with Crippen molar-refractivity contribution >= 4 is 11.8 Å². The standard InChI is InChI=1S/2C18H26N2O3/c2*1-11(2)7-14-18(22)20-6-5-12-8-16(21)17(23-4)9-13(12)15(20)10-19(14)3/h2*8-9,11,14-15,21H,5-7,10H2,1-4H3/t14-,15+;14-,15-/m11/s1. The quantitative estimate of drug-likeness (QED) is 0.482. The number of piperazine rings is 2. The average molecular weight is 637 g/mol. The van der Waals surface area contributed by atoms with E-state index in [4.69, 9.17) is 9.47 Å². The molecule has 10 nitrogen and oxygen atoms in total. The van der Waals surface area contributed by atoms with Gasteiger partial charge in [0.2, 0.25) is 11.8 Å². The first-order valence-electron chi connectivity index (χ1n) is 16.6. The molecular weight excluding hydrogens is 584 g/mol. The fourth-order valence-electron chi connectivity index (χ4n) is 7.70. The molecular formula is C36H52N4O6. The topological polar surface area (TPSA) is 106 Å². The van der Waals surface area contributed by atoms with Gasteiger partial charge < -0.3 is 29.5 Å². The lowest BCUT2D eigenvalue weighted by Crippen LogP contribution is -2.58. The number of amides is 2. The van der Waals surface area contributed by atoms with E-state index < -0.39 is 0 Å². The minimum atomic E-state index is -0.0215. The predicted octanol–water partition coefficient (Wildman–Crippen LogP) is 4.37. The van der Waals surface area contributed by atoms with Crippen LogP contribution in [0.4, 0.5) is 0 Å². The molecule has 46 heavy (non-hydrogen) atoms. The number of likely N-dealkylation sites (N-methyl/N-ethyl adjacent to an activating group) is 2. The Hall–Kier alpha value is -3.50. The molecule has 10 heteroatoms. The highest BCUT2D eigenvalue weighted by molar-refractivity contribution is 5.84. The van der Waals surface area contributed by atoms with Crippen LogP contribution in [0.1, 0.15) is 74.9 Å². The number of carbonyl (C=O) groups excluding carboxylic acids is 2. The lowest BCUT2D eigenvalue weighted by atomic mass is 9.87. The summed E-state index contributed by atoms with van der Waals surface area (Å²) in [6.45, 7) is 11.7. The number of benzene rings is 2. The van der Waals surface area contributed by atoms with Gasteiger partial charge in [0.15, 0.2) is 23.0 Å². The number of methoxy groups -OCH3 is 2. The number of carbonyl (C=O) groups is 2. The highest BCUT2D eigenvalue weighted by Gasteiger charge is 2.43. The summed E-state index contributed by atoms with van der Waals surface area (Å²) in [4.78, 5) is 34.3. The van der Waals surface area contributed by atoms with Gasteiger partial charge in [-0.15, -0.1) is 0 Å². The summed E-state index contributed by atoms with van der Waals surface area (Å²) in [6, 6.07) is 7.42. The molecule has 4 aliphatic heterocycles. The van der Waals surface area contributed by atoms with Gasteiger partial charge in [0.25, 0.3) is 0 Å². The molecule has 2 saturated heterocycles. The zero-order valence-electron chi connectivity index (χ0n) is 28.7. The number of phenolic OH excluding ortho intramolecular Hbond substituents is 2. The fraction of sp³-hybridized carbons (Fsp3) is 0.611. The third-order valence-corrected chi connectivity index (χ3v) is 10.1. The van der Waals surface area contributed by atoms with Crippen LogP contribution in [0.3, 0.4) is 0 Å². The van der Waals surface area contributed by atoms with Crippen molar-refractivity contribution in [2.45, 2.75) is 77.5 Å². The van der Waals surface area contributed by atoms with Gasteiger partial charge in [-0.3, -0.25) is 19.4 Å². The Balaban J connectivity index is 0.000000181. The number of aromatic hydroxyl groups is 2. The van der Waals surface area contributed by atoms with Crippen LogP contribution < -0.4 is 9.47 Å². The van der Waals surface area contributed by atoms with E-state index in [9.17, 15) is 19.8 Å². The van der Waals surface area contributed by atoms with Crippen molar-refractivity contribution in [3.8, 4) is 23.0 Å². The Kier molecular flexibility index (Phi) is 10.1. The van der Waals surface area contributed by atoms with Crippen molar-refractivity contribution in [1.82, 2.24) is 19.6 Å². The van der Waals surface area contributed by atoms with Crippen molar-refractivity contribution < 1.29 is 29.3 Å². The summed E-state index contributed by atoms with van der Waals surface area (Å²) in [6.07, 6.45) is 3.36. The van der Waals surface area contributed by atoms with Gasteiger partial charge in [-0.05, 0) is 98.1 Å². The van der Waals surface area contributed by atoms with Crippen LogP contribution in [0.2, 0.25) is 0 Å². The Morgan fingerprint density at radius 1 is 0.696 bits per heavy atom. The van der Waals surface area contributed by atoms with E-state index in [2.05, 4.69) is 37.5 Å². The van der Waals surface area contributed by atoms with E-state index in [1.54, 1.807) is 26.4 Å². The predicted molar refractivity (Wildman–Crippen MR) is 177 cm³/mol. The molecule has 0 aliphatic carbocycles. The van der Waals surface area contributed by atoms with Crippen LogP contribution in [0.15, 0.2) is 24.3 Å². The molecule has 2 N–H and O–H groups in total. The van der Waals surface area contributed by atoms with Gasteiger partial charge in [-0.25, -0.2) is 0 Å². The molecule has 4 atom stereocenters. The summed E-state index contributed by atoms with van der Waals surface area (Å²) < 4.78 is 10.5. The summed E-state index contributed by atoms with van der Waals surface area (Å²) in [5.41, 5.74) is 4.45. The highest BCUT2D eigenvalue weighted by Crippen LogP contribution is 2.42. The molecule has 2 fully saturated rings. The molecule has 2 amide bonds. The number of hydrogen-bond acceptors (Lipinski definition) is 8. The lowest BCUT2D eigenvalue weighted by molar-refractivity contribution is -0.147. The van der Waals surface area contributed by atoms with E-state index >= 15 is 0 Å². The van der Waals surface area contributed by atoms with Crippen molar-refractivity contribution in [2.75, 3.05) is 54.5 Å². The maximum absolute atomic E-state index is 12.9. The highest BCUT2D eigenvalue weighted by atomic mass is 16.5. The first-order valence-corrected chi connectivity index (χ1v) is 16.6. The van der Waals surface area contributed by atoms with Crippen LogP contribution in [-0.2, 0) is 22.4 Å². The van der Waals surface area contributed by atoms with Crippen molar-refractivity contribution in [2.24, 2.45) is 11.8 Å². The molecule has 0 saturated carbocycles. The number of hydrogen-bond donors (Lipinski definition) is 2. The van der Waals surface area contributed by atoms with E-state index in [0.717, 1.165) is 74.1 Å². The second-order valence-corrected chi connectivity index (χ2v) is 14.2. The van der Waals surface area contributed by atoms with Gasteiger partial charge in [-0.2, -0.15) is 0 Å². The number of fused-ring (bicyclic) bond motifs is 6. The Morgan fingerprint density at radius 3 is 1.39 bits per heavy atom. The first kappa shape index (κ1) is 33.9. The second kappa shape index (κ2) is 13.7. The Labute approximate surface area is 273 Å². The SMILES string of the molecule is COc1cc2c(cc1O)CCN1C(=O)[C@@H](CC(C)C)N(C)C[C@@H]21.COc1cc2c(cc1O)CCN1C(=O)[C@@H](CC(C)C)N(C)C[C@H]21. The fourth-order valence-corrected chi connectivity index (χ4v) is 7.70. The van der Waals surface area contributed by atoms with Crippen LogP contribution in [-0.4, -0.2) is 108 Å². The lowest BCUT2D eigenvalue weighted by Gasteiger charge is -2.47. The molecule has 0 unspecified atom stereocenters. The maximum Gasteiger partial charge on any atom is 0.240 e. The van der Waals surface area contributed by atoms with Crippen LogP contribution in [0, 0.1) is 11.8 Å². The van der Waals surface area contributed by atoms with E-state index in [1.807, 2.05) is 36.0 Å². The third kappa shape index (κ3) is 6.51. The molecule has 2 aromatic carbocycles. The van der Waals surface area contributed by atoms with Crippen LogP contribution in [0.25, 0.3) is 0 Å². The smallest absolute Gasteiger partial charge is 0.240 e. The number of rotatable bonds is 6. The average Bonchev–Trinajstić information content (AvgIpc) is 3.00. The molecule has 0 spiro atoms. The monoisotopic (exact) mass is 636 g/mol. The zero-order valence-corrected chi connectivity index (χ0v) is 28.7. The van der Waals surface area contributed by atoms with Gasteiger partial charge >= 0.3 is 0 Å².